The summed E-state index contributed by atoms with van der Waals surface area (Å²) in [4.78, 5) is 36.1. The zero-order valence-electron chi connectivity index (χ0n) is 13.0. The smallest absolute Gasteiger partial charge is 0.229 e. The van der Waals surface area contributed by atoms with Gasteiger partial charge in [-0.05, 0) is 31.6 Å². The number of carbonyl (C=O) groups is 3. The Bertz CT molecular complexity index is 341. The van der Waals surface area contributed by atoms with E-state index in [2.05, 4.69) is 0 Å². The van der Waals surface area contributed by atoms with E-state index in [9.17, 15) is 14.4 Å². The summed E-state index contributed by atoms with van der Waals surface area (Å²) >= 11 is 0. The quantitative estimate of drug-likeness (QED) is 0.745. The van der Waals surface area contributed by atoms with Crippen molar-refractivity contribution in [3.05, 3.63) is 0 Å². The molecule has 4 heteroatoms. The lowest BCUT2D eigenvalue weighted by Gasteiger charge is -2.29. The van der Waals surface area contributed by atoms with Gasteiger partial charge in [0.15, 0.2) is 0 Å². The highest BCUT2D eigenvalue weighted by Crippen LogP contribution is 2.31. The standard InChI is InChI=1S/C14H21NO3.C2H6.CH4/c1-2-12(16)11-5-3-10(4-6-11)9-15-13(17)7-8-14(15)18;1-2;/h10-11H,2-9H2,1H3;1-2H3;1H4. The summed E-state index contributed by atoms with van der Waals surface area (Å²) in [5, 5.41) is 0. The molecule has 1 saturated carbocycles. The Morgan fingerprint density at radius 2 is 1.52 bits per heavy atom. The second kappa shape index (κ2) is 9.69. The Kier molecular flexibility index (Phi) is 9.14. The first-order valence-electron chi connectivity index (χ1n) is 7.97. The average molecular weight is 297 g/mol. The van der Waals surface area contributed by atoms with Gasteiger partial charge in [-0.3, -0.25) is 19.3 Å². The van der Waals surface area contributed by atoms with Crippen molar-refractivity contribution < 1.29 is 14.4 Å². The van der Waals surface area contributed by atoms with E-state index in [-0.39, 0.29) is 25.2 Å². The highest BCUT2D eigenvalue weighted by molar-refractivity contribution is 6.01. The maximum absolute atomic E-state index is 11.6. The molecule has 1 heterocycles. The number of rotatable bonds is 4. The summed E-state index contributed by atoms with van der Waals surface area (Å²) in [6, 6.07) is 0. The molecule has 21 heavy (non-hydrogen) atoms. The molecule has 1 saturated heterocycles. The van der Waals surface area contributed by atoms with Crippen molar-refractivity contribution in [1.82, 2.24) is 4.90 Å². The van der Waals surface area contributed by atoms with Gasteiger partial charge in [0, 0.05) is 31.7 Å². The van der Waals surface area contributed by atoms with E-state index in [1.54, 1.807) is 0 Å². The van der Waals surface area contributed by atoms with Crippen molar-refractivity contribution in [2.24, 2.45) is 11.8 Å². The molecule has 0 unspecified atom stereocenters. The number of nitrogens with zero attached hydrogens (tertiary/aromatic N) is 1. The van der Waals surface area contributed by atoms with Gasteiger partial charge in [0.2, 0.25) is 11.8 Å². The van der Waals surface area contributed by atoms with Crippen LogP contribution in [-0.4, -0.2) is 29.0 Å². The van der Waals surface area contributed by atoms with Crippen LogP contribution < -0.4 is 0 Å². The minimum Gasteiger partial charge on any atom is -0.299 e. The third-order valence-electron chi connectivity index (χ3n) is 4.25. The lowest BCUT2D eigenvalue weighted by atomic mass is 9.79. The van der Waals surface area contributed by atoms with Crippen molar-refractivity contribution >= 4 is 17.6 Å². The van der Waals surface area contributed by atoms with Crippen LogP contribution in [0.4, 0.5) is 0 Å². The summed E-state index contributed by atoms with van der Waals surface area (Å²) in [5.41, 5.74) is 0. The highest BCUT2D eigenvalue weighted by Gasteiger charge is 2.33. The van der Waals surface area contributed by atoms with Gasteiger partial charge in [-0.1, -0.05) is 28.2 Å². The minimum atomic E-state index is -0.0215. The van der Waals surface area contributed by atoms with Gasteiger partial charge in [0.1, 0.15) is 5.78 Å². The summed E-state index contributed by atoms with van der Waals surface area (Å²) in [6.45, 7) is 6.49. The lowest BCUT2D eigenvalue weighted by Crippen LogP contribution is -2.36. The zero-order chi connectivity index (χ0) is 15.1. The molecule has 0 bridgehead atoms. The van der Waals surface area contributed by atoms with Crippen LogP contribution in [0.25, 0.3) is 0 Å². The van der Waals surface area contributed by atoms with Gasteiger partial charge >= 0.3 is 0 Å². The minimum absolute atomic E-state index is 0. The largest absolute Gasteiger partial charge is 0.299 e. The van der Waals surface area contributed by atoms with E-state index >= 15 is 0 Å². The van der Waals surface area contributed by atoms with Crippen molar-refractivity contribution in [1.29, 1.82) is 0 Å². The predicted octanol–water partition coefficient (Wildman–Crippen LogP) is 3.58. The van der Waals surface area contributed by atoms with E-state index in [1.165, 1.54) is 4.90 Å². The number of likely N-dealkylation sites (tertiary alicyclic amines) is 1. The summed E-state index contributed by atoms with van der Waals surface area (Å²) in [5.74, 6) is 0.938. The number of amides is 2. The van der Waals surface area contributed by atoms with Crippen LogP contribution in [0.5, 0.6) is 0 Å². The molecule has 0 radical (unpaired) electrons. The SMILES string of the molecule is C.CC.CCC(=O)C1CCC(CN2C(=O)CCC2=O)CC1. The first-order valence-corrected chi connectivity index (χ1v) is 7.97. The maximum Gasteiger partial charge on any atom is 0.229 e. The van der Waals surface area contributed by atoms with Crippen LogP contribution in [0.15, 0.2) is 0 Å². The third-order valence-corrected chi connectivity index (χ3v) is 4.25. The Morgan fingerprint density at radius 1 is 1.05 bits per heavy atom. The molecule has 1 aliphatic heterocycles. The molecule has 0 N–H and O–H groups in total. The van der Waals surface area contributed by atoms with E-state index in [0.717, 1.165) is 25.7 Å². The number of hydrogen-bond donors (Lipinski definition) is 0. The van der Waals surface area contributed by atoms with E-state index in [4.69, 9.17) is 0 Å². The van der Waals surface area contributed by atoms with Crippen LogP contribution in [-0.2, 0) is 14.4 Å². The number of Topliss-reactive ketones (excluding diaryl/α,β-unsaturated/α-hetero) is 1. The maximum atomic E-state index is 11.6. The third kappa shape index (κ3) is 5.25. The van der Waals surface area contributed by atoms with Crippen LogP contribution in [0, 0.1) is 11.8 Å². The van der Waals surface area contributed by atoms with Crippen molar-refractivity contribution in [3.8, 4) is 0 Å². The van der Waals surface area contributed by atoms with Gasteiger partial charge in [-0.25, -0.2) is 0 Å². The molecule has 0 spiro atoms. The Balaban J connectivity index is 0.00000128. The number of imide groups is 1. The fraction of sp³-hybridized carbons (Fsp3) is 0.824. The van der Waals surface area contributed by atoms with Gasteiger partial charge < -0.3 is 0 Å². The summed E-state index contributed by atoms with van der Waals surface area (Å²) < 4.78 is 0. The van der Waals surface area contributed by atoms with Crippen molar-refractivity contribution in [3.63, 3.8) is 0 Å². The Hall–Kier alpha value is -1.19. The fourth-order valence-corrected chi connectivity index (χ4v) is 3.04. The first-order chi connectivity index (χ1) is 9.61. The normalized spacial score (nSPS) is 25.0. The van der Waals surface area contributed by atoms with Crippen LogP contribution >= 0.6 is 0 Å². The molecule has 4 nitrogen and oxygen atoms in total. The first kappa shape index (κ1) is 19.8. The lowest BCUT2D eigenvalue weighted by molar-refractivity contribution is -0.139. The number of ketones is 1. The van der Waals surface area contributed by atoms with Gasteiger partial charge in [-0.2, -0.15) is 0 Å². The molecule has 0 aromatic carbocycles. The van der Waals surface area contributed by atoms with Crippen molar-refractivity contribution in [2.45, 2.75) is 73.1 Å². The molecule has 2 fully saturated rings. The molecular weight excluding hydrogens is 266 g/mol. The Morgan fingerprint density at radius 3 is 1.95 bits per heavy atom. The van der Waals surface area contributed by atoms with Crippen molar-refractivity contribution in [2.75, 3.05) is 6.54 Å². The number of carbonyl (C=O) groups excluding carboxylic acids is 3. The second-order valence-electron chi connectivity index (χ2n) is 5.44. The molecule has 2 amide bonds. The summed E-state index contributed by atoms with van der Waals surface area (Å²) in [6.07, 6.45) is 5.16. The van der Waals surface area contributed by atoms with Gasteiger partial charge in [0.05, 0.1) is 0 Å². The summed E-state index contributed by atoms with van der Waals surface area (Å²) in [7, 11) is 0. The van der Waals surface area contributed by atoms with E-state index < -0.39 is 0 Å². The molecule has 2 aliphatic rings. The van der Waals surface area contributed by atoms with Crippen LogP contribution in [0.1, 0.15) is 73.1 Å². The predicted molar refractivity (Wildman–Crippen MR) is 84.8 cm³/mol. The number of hydrogen-bond acceptors (Lipinski definition) is 3. The van der Waals surface area contributed by atoms with Crippen LogP contribution in [0.3, 0.4) is 0 Å². The molecule has 1 aliphatic carbocycles. The monoisotopic (exact) mass is 297 g/mol. The van der Waals surface area contributed by atoms with E-state index in [1.807, 2.05) is 20.8 Å². The van der Waals surface area contributed by atoms with Gasteiger partial charge in [-0.15, -0.1) is 0 Å². The Labute approximate surface area is 129 Å². The fourth-order valence-electron chi connectivity index (χ4n) is 3.04. The zero-order valence-corrected chi connectivity index (χ0v) is 13.0. The highest BCUT2D eigenvalue weighted by atomic mass is 16.2. The second-order valence-corrected chi connectivity index (χ2v) is 5.44. The molecule has 0 aromatic rings. The molecule has 0 atom stereocenters. The molecule has 122 valence electrons. The van der Waals surface area contributed by atoms with Crippen LogP contribution in [0.2, 0.25) is 0 Å². The average Bonchev–Trinajstić information content (AvgIpc) is 2.81. The molecule has 0 aromatic heterocycles. The topological polar surface area (TPSA) is 54.5 Å². The van der Waals surface area contributed by atoms with E-state index in [0.29, 0.717) is 37.5 Å². The molecular formula is C17H31NO3. The molecule has 2 rings (SSSR count). The van der Waals surface area contributed by atoms with Gasteiger partial charge in [0.25, 0.3) is 0 Å².